The van der Waals surface area contributed by atoms with E-state index in [0.29, 0.717) is 18.6 Å². The quantitative estimate of drug-likeness (QED) is 0.256. The van der Waals surface area contributed by atoms with E-state index in [-0.39, 0.29) is 36.2 Å². The summed E-state index contributed by atoms with van der Waals surface area (Å²) in [5.74, 6) is -0.909. The van der Waals surface area contributed by atoms with E-state index in [4.69, 9.17) is 20.3 Å². The minimum Gasteiger partial charge on any atom is -0.492 e. The molecular formula is C33H36N2O6. The molecule has 3 aromatic rings. The minimum atomic E-state index is -1.07. The number of nitrogens with two attached hydrogens (primary N) is 1. The van der Waals surface area contributed by atoms with Crippen LogP contribution in [0.25, 0.3) is 0 Å². The zero-order valence-electron chi connectivity index (χ0n) is 23.0. The maximum atomic E-state index is 13.4. The first-order chi connectivity index (χ1) is 19.9. The van der Waals surface area contributed by atoms with Gasteiger partial charge in [0.25, 0.3) is 0 Å². The van der Waals surface area contributed by atoms with E-state index in [9.17, 15) is 14.4 Å². The maximum Gasteiger partial charge on any atom is 0.328 e. The monoisotopic (exact) mass is 556 g/mol. The van der Waals surface area contributed by atoms with Crippen LogP contribution >= 0.6 is 0 Å². The summed E-state index contributed by atoms with van der Waals surface area (Å²) in [6, 6.07) is 22.2. The molecule has 41 heavy (non-hydrogen) atoms. The van der Waals surface area contributed by atoms with Gasteiger partial charge in [-0.1, -0.05) is 48.5 Å². The van der Waals surface area contributed by atoms with Gasteiger partial charge in [0.1, 0.15) is 24.1 Å². The third-order valence-corrected chi connectivity index (χ3v) is 8.00. The number of carboxylic acid groups (broad SMARTS) is 1. The highest BCUT2D eigenvalue weighted by Crippen LogP contribution is 2.47. The standard InChI is InChI=1S/C33H36N2O6/c34-29(14-15-31(37)38)33(39)41-25-12-13-26-28(20-25)30(36)21-27(22-6-2-1-3-7-22)32(26)23-8-10-24(11-9-23)40-19-18-35-16-4-5-17-35/h1-3,6-13,20,27,29,32H,4-5,14-19,21,34H2,(H,37,38)/t27-,29+,32-/m1/s1. The van der Waals surface area contributed by atoms with E-state index in [1.54, 1.807) is 12.1 Å². The van der Waals surface area contributed by atoms with Crippen molar-refractivity contribution in [1.29, 1.82) is 0 Å². The second-order valence-corrected chi connectivity index (χ2v) is 10.8. The van der Waals surface area contributed by atoms with Crippen LogP contribution in [0.1, 0.15) is 71.0 Å². The lowest BCUT2D eigenvalue weighted by atomic mass is 9.69. The van der Waals surface area contributed by atoms with Gasteiger partial charge in [-0.05, 0) is 73.3 Å². The zero-order valence-corrected chi connectivity index (χ0v) is 23.0. The molecule has 3 N–H and O–H groups in total. The van der Waals surface area contributed by atoms with Crippen LogP contribution in [0, 0.1) is 0 Å². The number of benzene rings is 3. The van der Waals surface area contributed by atoms with Gasteiger partial charge in [-0.2, -0.15) is 0 Å². The lowest BCUT2D eigenvalue weighted by molar-refractivity contribution is -0.138. The molecule has 8 nitrogen and oxygen atoms in total. The van der Waals surface area contributed by atoms with Gasteiger partial charge in [-0.3, -0.25) is 14.5 Å². The fraction of sp³-hybridized carbons (Fsp3) is 0.364. The molecule has 8 heteroatoms. The largest absolute Gasteiger partial charge is 0.492 e. The van der Waals surface area contributed by atoms with Crippen LogP contribution in [-0.2, 0) is 9.59 Å². The number of hydrogen-bond donors (Lipinski definition) is 2. The molecule has 0 spiro atoms. The van der Waals surface area contributed by atoms with Gasteiger partial charge >= 0.3 is 11.9 Å². The van der Waals surface area contributed by atoms with Crippen molar-refractivity contribution in [3.8, 4) is 11.5 Å². The van der Waals surface area contributed by atoms with Crippen LogP contribution < -0.4 is 15.2 Å². The van der Waals surface area contributed by atoms with Crippen LogP contribution in [0.3, 0.4) is 0 Å². The molecular weight excluding hydrogens is 520 g/mol. The summed E-state index contributed by atoms with van der Waals surface area (Å²) in [6.45, 7) is 3.85. The van der Waals surface area contributed by atoms with Crippen molar-refractivity contribution >= 4 is 17.7 Å². The van der Waals surface area contributed by atoms with Gasteiger partial charge in [-0.25, -0.2) is 4.79 Å². The van der Waals surface area contributed by atoms with Crippen molar-refractivity contribution in [2.24, 2.45) is 5.73 Å². The van der Waals surface area contributed by atoms with Gasteiger partial charge in [0.05, 0.1) is 0 Å². The zero-order chi connectivity index (χ0) is 28.8. The summed E-state index contributed by atoms with van der Waals surface area (Å²) >= 11 is 0. The molecule has 0 aromatic heterocycles. The number of aliphatic carboxylic acids is 1. The second kappa shape index (κ2) is 13.1. The average molecular weight is 557 g/mol. The molecule has 1 saturated heterocycles. The third kappa shape index (κ3) is 7.01. The maximum absolute atomic E-state index is 13.4. The molecule has 3 atom stereocenters. The Morgan fingerprint density at radius 3 is 2.37 bits per heavy atom. The number of rotatable bonds is 11. The number of likely N-dealkylation sites (tertiary alicyclic amines) is 1. The van der Waals surface area contributed by atoms with Gasteiger partial charge in [-0.15, -0.1) is 0 Å². The van der Waals surface area contributed by atoms with E-state index in [2.05, 4.69) is 29.2 Å². The first-order valence-electron chi connectivity index (χ1n) is 14.3. The molecule has 1 aliphatic carbocycles. The highest BCUT2D eigenvalue weighted by Gasteiger charge is 2.36. The number of carbonyl (C=O) groups is 3. The molecule has 3 aromatic carbocycles. The molecule has 0 saturated carbocycles. The number of hydrogen-bond acceptors (Lipinski definition) is 7. The second-order valence-electron chi connectivity index (χ2n) is 10.8. The van der Waals surface area contributed by atoms with E-state index < -0.39 is 18.0 Å². The number of esters is 1. The summed E-state index contributed by atoms with van der Waals surface area (Å²) in [6.07, 6.45) is 2.56. The fourth-order valence-corrected chi connectivity index (χ4v) is 5.84. The summed E-state index contributed by atoms with van der Waals surface area (Å²) in [4.78, 5) is 39.1. The smallest absolute Gasteiger partial charge is 0.328 e. The Balaban J connectivity index is 1.38. The Labute approximate surface area is 240 Å². The SMILES string of the molecule is N[C@@H](CCC(=O)O)C(=O)Oc1ccc2c(c1)C(=O)C[C@H](c1ccccc1)[C@@H]2c1ccc(OCCN2CCCC2)cc1. The van der Waals surface area contributed by atoms with Gasteiger partial charge in [0.15, 0.2) is 5.78 Å². The fourth-order valence-electron chi connectivity index (χ4n) is 5.84. The molecule has 214 valence electrons. The Kier molecular flexibility index (Phi) is 9.11. The summed E-state index contributed by atoms with van der Waals surface area (Å²) < 4.78 is 11.5. The van der Waals surface area contributed by atoms with Crippen LogP contribution in [0.15, 0.2) is 72.8 Å². The number of fused-ring (bicyclic) bond motifs is 1. The van der Waals surface area contributed by atoms with Crippen LogP contribution in [0.2, 0.25) is 0 Å². The predicted octanol–water partition coefficient (Wildman–Crippen LogP) is 4.76. The molecule has 1 fully saturated rings. The molecule has 0 unspecified atom stereocenters. The van der Waals surface area contributed by atoms with Crippen molar-refractivity contribution < 1.29 is 29.0 Å². The third-order valence-electron chi connectivity index (χ3n) is 8.00. The highest BCUT2D eigenvalue weighted by molar-refractivity contribution is 6.00. The number of ketones is 1. The Morgan fingerprint density at radius 2 is 1.66 bits per heavy atom. The highest BCUT2D eigenvalue weighted by atomic mass is 16.5. The minimum absolute atomic E-state index is 0.0277. The van der Waals surface area contributed by atoms with Gasteiger partial charge in [0.2, 0.25) is 0 Å². The van der Waals surface area contributed by atoms with Crippen LogP contribution in [0.4, 0.5) is 0 Å². The summed E-state index contributed by atoms with van der Waals surface area (Å²) in [5, 5.41) is 8.86. The molecule has 0 bridgehead atoms. The first kappa shape index (κ1) is 28.5. The van der Waals surface area contributed by atoms with Crippen molar-refractivity contribution in [2.75, 3.05) is 26.2 Å². The van der Waals surface area contributed by atoms with Crippen LogP contribution in [0.5, 0.6) is 11.5 Å². The number of carbonyl (C=O) groups excluding carboxylic acids is 2. The number of carboxylic acids is 1. The van der Waals surface area contributed by atoms with Crippen molar-refractivity contribution in [3.63, 3.8) is 0 Å². The summed E-state index contributed by atoms with van der Waals surface area (Å²) in [7, 11) is 0. The molecule has 2 aliphatic rings. The van der Waals surface area contributed by atoms with E-state index in [1.165, 1.54) is 12.8 Å². The normalized spacial score (nSPS) is 19.4. The average Bonchev–Trinajstić information content (AvgIpc) is 3.50. The van der Waals surface area contributed by atoms with Gasteiger partial charge in [0, 0.05) is 36.8 Å². The molecule has 1 heterocycles. The predicted molar refractivity (Wildman–Crippen MR) is 155 cm³/mol. The van der Waals surface area contributed by atoms with Gasteiger partial charge < -0.3 is 20.3 Å². The first-order valence-corrected chi connectivity index (χ1v) is 14.3. The van der Waals surface area contributed by atoms with E-state index in [1.807, 2.05) is 36.4 Å². The molecule has 1 aliphatic heterocycles. The van der Waals surface area contributed by atoms with Crippen molar-refractivity contribution in [3.05, 3.63) is 95.1 Å². The molecule has 5 rings (SSSR count). The van der Waals surface area contributed by atoms with Crippen molar-refractivity contribution in [2.45, 2.75) is 50.0 Å². The number of nitrogens with zero attached hydrogens (tertiary/aromatic N) is 1. The van der Waals surface area contributed by atoms with Crippen LogP contribution in [-0.4, -0.2) is 60.0 Å². The molecule has 0 radical (unpaired) electrons. The van der Waals surface area contributed by atoms with E-state index in [0.717, 1.165) is 42.1 Å². The molecule has 0 amide bonds. The Bertz CT molecular complexity index is 1370. The Hall–Kier alpha value is -4.01. The topological polar surface area (TPSA) is 119 Å². The van der Waals surface area contributed by atoms with E-state index >= 15 is 0 Å². The lowest BCUT2D eigenvalue weighted by Gasteiger charge is -2.34. The number of Topliss-reactive ketones (excluding diaryl/α,β-unsaturated/α-hetero) is 1. The summed E-state index contributed by atoms with van der Waals surface area (Å²) in [5.41, 5.74) is 9.35. The number of ether oxygens (including phenoxy) is 2. The Morgan fingerprint density at radius 1 is 0.951 bits per heavy atom. The van der Waals surface area contributed by atoms with Crippen molar-refractivity contribution in [1.82, 2.24) is 4.90 Å². The lowest BCUT2D eigenvalue weighted by Crippen LogP contribution is -2.34.